The molecule has 0 atom stereocenters. The Bertz CT molecular complexity index is 1070. The van der Waals surface area contributed by atoms with Gasteiger partial charge in [0.2, 0.25) is 5.91 Å². The number of rotatable bonds is 7. The van der Waals surface area contributed by atoms with Crippen LogP contribution in [0.2, 0.25) is 0 Å². The summed E-state index contributed by atoms with van der Waals surface area (Å²) in [6.45, 7) is 1.72. The third kappa shape index (κ3) is 5.02. The molecule has 2 N–H and O–H groups in total. The average molecular weight is 492 g/mol. The molecule has 1 heterocycles. The van der Waals surface area contributed by atoms with Gasteiger partial charge in [0.1, 0.15) is 18.1 Å². The van der Waals surface area contributed by atoms with E-state index >= 15 is 0 Å². The van der Waals surface area contributed by atoms with Crippen molar-refractivity contribution in [2.45, 2.75) is 6.92 Å². The number of hydrogen-bond acceptors (Lipinski definition) is 5. The number of amides is 4. The molecule has 0 radical (unpaired) electrons. The fourth-order valence-electron chi connectivity index (χ4n) is 2.86. The first kappa shape index (κ1) is 22.3. The molecule has 0 saturated carbocycles. The molecule has 10 heteroatoms. The quantitative estimate of drug-likeness (QED) is 0.456. The van der Waals surface area contributed by atoms with Crippen LogP contribution in [0.5, 0.6) is 11.5 Å². The Morgan fingerprint density at radius 2 is 2.00 bits per heavy atom. The molecule has 1 fully saturated rings. The van der Waals surface area contributed by atoms with E-state index < -0.39 is 30.2 Å². The van der Waals surface area contributed by atoms with E-state index in [9.17, 15) is 18.8 Å². The van der Waals surface area contributed by atoms with Crippen LogP contribution in [0.3, 0.4) is 0 Å². The van der Waals surface area contributed by atoms with Crippen molar-refractivity contribution in [3.8, 4) is 11.5 Å². The number of anilines is 1. The third-order valence-corrected chi connectivity index (χ3v) is 4.98. The minimum atomic E-state index is -0.756. The lowest BCUT2D eigenvalue weighted by molar-refractivity contribution is -0.127. The number of nitrogens with one attached hydrogen (secondary N) is 2. The molecule has 0 aliphatic carbocycles. The number of halogens is 2. The Morgan fingerprint density at radius 3 is 2.68 bits per heavy atom. The first-order valence-corrected chi connectivity index (χ1v) is 10.0. The maximum Gasteiger partial charge on any atom is 0.329 e. The Kier molecular flexibility index (Phi) is 6.91. The van der Waals surface area contributed by atoms with Crippen LogP contribution in [0, 0.1) is 5.82 Å². The van der Waals surface area contributed by atoms with Gasteiger partial charge in [-0.3, -0.25) is 9.59 Å². The molecule has 0 aromatic heterocycles. The highest BCUT2D eigenvalue weighted by atomic mass is 79.9. The molecule has 1 aliphatic rings. The minimum Gasteiger partial charge on any atom is -0.493 e. The zero-order valence-corrected chi connectivity index (χ0v) is 18.3. The summed E-state index contributed by atoms with van der Waals surface area (Å²) in [5.74, 6) is -1.04. The van der Waals surface area contributed by atoms with Crippen molar-refractivity contribution in [3.63, 3.8) is 0 Å². The van der Waals surface area contributed by atoms with E-state index in [1.807, 2.05) is 6.92 Å². The first-order chi connectivity index (χ1) is 14.8. The van der Waals surface area contributed by atoms with Gasteiger partial charge in [-0.15, -0.1) is 0 Å². The van der Waals surface area contributed by atoms with Crippen LogP contribution < -0.4 is 20.1 Å². The topological polar surface area (TPSA) is 97.0 Å². The molecule has 1 saturated heterocycles. The lowest BCUT2D eigenvalue weighted by Crippen LogP contribution is -2.38. The number of urea groups is 1. The van der Waals surface area contributed by atoms with Gasteiger partial charge in [-0.25, -0.2) is 14.1 Å². The average Bonchev–Trinajstić information content (AvgIpc) is 2.99. The second kappa shape index (κ2) is 9.61. The highest BCUT2D eigenvalue weighted by Gasteiger charge is 2.35. The van der Waals surface area contributed by atoms with Gasteiger partial charge in [0, 0.05) is 4.47 Å². The molecule has 3 rings (SSSR count). The SMILES string of the molecule is CCOc1cc(Br)c(/C=C2/NC(=O)N(CC(=O)Nc3ccccc3F)C2=O)cc1OC. The third-order valence-electron chi connectivity index (χ3n) is 4.29. The minimum absolute atomic E-state index is 0.0180. The molecule has 1 aliphatic heterocycles. The number of carbonyl (C=O) groups is 3. The largest absolute Gasteiger partial charge is 0.493 e. The maximum atomic E-state index is 13.7. The van der Waals surface area contributed by atoms with E-state index in [2.05, 4.69) is 26.6 Å². The van der Waals surface area contributed by atoms with Crippen LogP contribution in [0.15, 0.2) is 46.6 Å². The van der Waals surface area contributed by atoms with Crippen molar-refractivity contribution in [1.82, 2.24) is 10.2 Å². The monoisotopic (exact) mass is 491 g/mol. The number of hydrogen-bond donors (Lipinski definition) is 2. The second-order valence-electron chi connectivity index (χ2n) is 6.37. The zero-order valence-electron chi connectivity index (χ0n) is 16.7. The fourth-order valence-corrected chi connectivity index (χ4v) is 3.29. The maximum absolute atomic E-state index is 13.7. The molecular formula is C21H19BrFN3O5. The normalized spacial score (nSPS) is 14.6. The number of ether oxygens (including phenoxy) is 2. The summed E-state index contributed by atoms with van der Waals surface area (Å²) in [5, 5.41) is 4.78. The van der Waals surface area contributed by atoms with Crippen molar-refractivity contribution >= 4 is 45.5 Å². The van der Waals surface area contributed by atoms with E-state index in [4.69, 9.17) is 9.47 Å². The molecule has 162 valence electrons. The fraction of sp³-hybridized carbons (Fsp3) is 0.190. The van der Waals surface area contributed by atoms with Crippen LogP contribution in [0.1, 0.15) is 12.5 Å². The van der Waals surface area contributed by atoms with Gasteiger partial charge in [-0.2, -0.15) is 0 Å². The Hall–Kier alpha value is -3.40. The van der Waals surface area contributed by atoms with Crippen molar-refractivity contribution in [3.05, 3.63) is 57.9 Å². The van der Waals surface area contributed by atoms with Crippen LogP contribution >= 0.6 is 15.9 Å². The van der Waals surface area contributed by atoms with Gasteiger partial charge in [-0.05, 0) is 42.8 Å². The number of carbonyl (C=O) groups excluding carboxylic acids is 3. The smallest absolute Gasteiger partial charge is 0.329 e. The molecule has 2 aromatic rings. The zero-order chi connectivity index (χ0) is 22.5. The van der Waals surface area contributed by atoms with Gasteiger partial charge in [-0.1, -0.05) is 28.1 Å². The van der Waals surface area contributed by atoms with Crippen molar-refractivity contribution in [2.75, 3.05) is 25.6 Å². The van der Waals surface area contributed by atoms with Crippen LogP contribution in [0.4, 0.5) is 14.9 Å². The van der Waals surface area contributed by atoms with Gasteiger partial charge in [0.25, 0.3) is 5.91 Å². The van der Waals surface area contributed by atoms with Gasteiger partial charge in [0.05, 0.1) is 19.4 Å². The number of imide groups is 1. The molecule has 0 spiro atoms. The number of nitrogens with zero attached hydrogens (tertiary/aromatic N) is 1. The molecular weight excluding hydrogens is 473 g/mol. The molecule has 0 unspecified atom stereocenters. The highest BCUT2D eigenvalue weighted by Crippen LogP contribution is 2.35. The number of benzene rings is 2. The van der Waals surface area contributed by atoms with Gasteiger partial charge in [0.15, 0.2) is 11.5 Å². The summed E-state index contributed by atoms with van der Waals surface area (Å²) >= 11 is 3.40. The van der Waals surface area contributed by atoms with E-state index in [1.54, 1.807) is 18.2 Å². The molecule has 8 nitrogen and oxygen atoms in total. The van der Waals surface area contributed by atoms with Gasteiger partial charge >= 0.3 is 6.03 Å². The Labute approximate surface area is 186 Å². The summed E-state index contributed by atoms with van der Waals surface area (Å²) in [6, 6.07) is 8.18. The summed E-state index contributed by atoms with van der Waals surface area (Å²) in [7, 11) is 1.49. The number of methoxy groups -OCH3 is 1. The Balaban J connectivity index is 1.77. The Morgan fingerprint density at radius 1 is 1.26 bits per heavy atom. The van der Waals surface area contributed by atoms with Crippen LogP contribution in [-0.4, -0.2) is 43.0 Å². The summed E-state index contributed by atoms with van der Waals surface area (Å²) in [6.07, 6.45) is 1.46. The van der Waals surface area contributed by atoms with Crippen LogP contribution in [0.25, 0.3) is 6.08 Å². The second-order valence-corrected chi connectivity index (χ2v) is 7.22. The van der Waals surface area contributed by atoms with Crippen molar-refractivity contribution in [1.29, 1.82) is 0 Å². The molecule has 31 heavy (non-hydrogen) atoms. The highest BCUT2D eigenvalue weighted by molar-refractivity contribution is 9.10. The van der Waals surface area contributed by atoms with Crippen molar-refractivity contribution in [2.24, 2.45) is 0 Å². The molecule has 2 aromatic carbocycles. The van der Waals surface area contributed by atoms with Crippen molar-refractivity contribution < 1.29 is 28.2 Å². The number of para-hydroxylation sites is 1. The summed E-state index contributed by atoms with van der Waals surface area (Å²) in [4.78, 5) is 37.8. The lowest BCUT2D eigenvalue weighted by atomic mass is 10.1. The molecule has 4 amide bonds. The first-order valence-electron chi connectivity index (χ1n) is 9.23. The lowest BCUT2D eigenvalue weighted by Gasteiger charge is -2.12. The molecule has 0 bridgehead atoms. The van der Waals surface area contributed by atoms with Gasteiger partial charge < -0.3 is 20.1 Å². The van der Waals surface area contributed by atoms with E-state index in [-0.39, 0.29) is 11.4 Å². The predicted molar refractivity (Wildman–Crippen MR) is 115 cm³/mol. The summed E-state index contributed by atoms with van der Waals surface area (Å²) < 4.78 is 25.1. The van der Waals surface area contributed by atoms with Crippen LogP contribution in [-0.2, 0) is 9.59 Å². The van der Waals surface area contributed by atoms with E-state index in [0.29, 0.717) is 28.1 Å². The predicted octanol–water partition coefficient (Wildman–Crippen LogP) is 3.53. The standard InChI is InChI=1S/C21H19BrFN3O5/c1-3-31-18-10-13(22)12(9-17(18)30-2)8-16-20(28)26(21(29)25-16)11-19(27)24-15-7-5-4-6-14(15)23/h4-10H,3,11H2,1-2H3,(H,24,27)(H,25,29)/b16-8+. The summed E-state index contributed by atoms with van der Waals surface area (Å²) in [5.41, 5.74) is 0.498. The van der Waals surface area contributed by atoms with E-state index in [0.717, 1.165) is 4.90 Å². The van der Waals surface area contributed by atoms with E-state index in [1.165, 1.54) is 31.4 Å².